The smallest absolute Gasteiger partial charge is 0.497 e. The van der Waals surface area contributed by atoms with Crippen molar-refractivity contribution < 1.29 is 37.8 Å². The molecule has 2 bridgehead atoms. The second kappa shape index (κ2) is 13.0. The van der Waals surface area contributed by atoms with Gasteiger partial charge in [-0.15, -0.1) is 11.8 Å². The Hall–Kier alpha value is -2.69. The Balaban J connectivity index is 1.47. The number of esters is 1. The molecule has 0 amide bonds. The molecule has 256 valence electrons. The molecule has 0 radical (unpaired) electrons. The lowest BCUT2D eigenvalue weighted by atomic mass is 9.43. The molecule has 47 heavy (non-hydrogen) atoms. The van der Waals surface area contributed by atoms with Gasteiger partial charge in [0.25, 0.3) is 0 Å². The Kier molecular flexibility index (Phi) is 9.83. The Morgan fingerprint density at radius 1 is 0.979 bits per heavy atom. The van der Waals surface area contributed by atoms with E-state index in [0.717, 1.165) is 17.7 Å². The van der Waals surface area contributed by atoms with E-state index in [-0.39, 0.29) is 34.3 Å². The molecule has 0 N–H and O–H groups in total. The number of carbonyl (C=O) groups excluding carboxylic acids is 2. The van der Waals surface area contributed by atoms with Gasteiger partial charge in [0.05, 0.1) is 18.8 Å². The maximum Gasteiger partial charge on any atom is 0.514 e. The van der Waals surface area contributed by atoms with Crippen LogP contribution >= 0.6 is 11.8 Å². The van der Waals surface area contributed by atoms with Crippen molar-refractivity contribution >= 4 is 31.0 Å². The molecule has 0 spiro atoms. The number of hydrogen-bond acceptors (Lipinski definition) is 9. The summed E-state index contributed by atoms with van der Waals surface area (Å²) in [5.74, 6) is 1.91. The van der Waals surface area contributed by atoms with Crippen molar-refractivity contribution in [2.24, 2.45) is 17.3 Å². The summed E-state index contributed by atoms with van der Waals surface area (Å²) in [4.78, 5) is 27.8. The molecule has 0 aromatic heterocycles. The van der Waals surface area contributed by atoms with Crippen LogP contribution in [0.2, 0.25) is 5.82 Å². The number of benzene rings is 2. The summed E-state index contributed by atoms with van der Waals surface area (Å²) in [6.07, 6.45) is 1.79. The van der Waals surface area contributed by atoms with Gasteiger partial charge in [0.2, 0.25) is 0 Å². The molecule has 4 fully saturated rings. The molecule has 3 saturated carbocycles. The van der Waals surface area contributed by atoms with Crippen molar-refractivity contribution in [2.45, 2.75) is 128 Å². The summed E-state index contributed by atoms with van der Waals surface area (Å²) in [6.45, 7) is 19.7. The van der Waals surface area contributed by atoms with Gasteiger partial charge in [-0.3, -0.25) is 0 Å². The summed E-state index contributed by atoms with van der Waals surface area (Å²) >= 11 is 1.47. The third-order valence-electron chi connectivity index (χ3n) is 9.91. The van der Waals surface area contributed by atoms with E-state index in [9.17, 15) is 9.59 Å². The zero-order valence-corrected chi connectivity index (χ0v) is 30.7. The van der Waals surface area contributed by atoms with Crippen LogP contribution in [0.4, 0.5) is 4.79 Å². The van der Waals surface area contributed by atoms with E-state index in [1.807, 2.05) is 57.2 Å². The molecule has 2 aromatic rings. The second-order valence-corrected chi connectivity index (χ2v) is 17.2. The van der Waals surface area contributed by atoms with E-state index in [4.69, 9.17) is 28.3 Å². The Morgan fingerprint density at radius 3 is 2.23 bits per heavy atom. The van der Waals surface area contributed by atoms with E-state index >= 15 is 0 Å². The van der Waals surface area contributed by atoms with Crippen LogP contribution in [-0.2, 0) is 31.0 Å². The molecular formula is C37H51BO8S. The third-order valence-corrected chi connectivity index (χ3v) is 11.0. The van der Waals surface area contributed by atoms with Gasteiger partial charge in [-0.05, 0) is 120 Å². The third kappa shape index (κ3) is 7.65. The first-order valence-corrected chi connectivity index (χ1v) is 17.7. The van der Waals surface area contributed by atoms with E-state index in [1.54, 1.807) is 27.9 Å². The van der Waals surface area contributed by atoms with Gasteiger partial charge >= 0.3 is 19.2 Å². The van der Waals surface area contributed by atoms with E-state index in [0.29, 0.717) is 34.5 Å². The minimum absolute atomic E-state index is 0.0539. The highest BCUT2D eigenvalue weighted by atomic mass is 32.2. The fourth-order valence-electron chi connectivity index (χ4n) is 7.35. The van der Waals surface area contributed by atoms with Crippen LogP contribution in [0, 0.1) is 17.3 Å². The molecule has 1 heterocycles. The van der Waals surface area contributed by atoms with Gasteiger partial charge in [-0.2, -0.15) is 0 Å². The maximum atomic E-state index is 13.9. The van der Waals surface area contributed by atoms with E-state index in [1.165, 1.54) is 18.2 Å². The molecule has 1 saturated heterocycles. The SMILES string of the molecule is COc1ccc(CSc2ccc(C[C@@H](C)B3O[C@@H]4C[C@@H]5C[C@@H](C5(C)C)[C@]4(C)O3)c(OC(=O)OC(C)(C)C)c2C(=O)OC(C)(C)C)cc1. The molecule has 8 nitrogen and oxygen atoms in total. The zero-order valence-electron chi connectivity index (χ0n) is 29.9. The van der Waals surface area contributed by atoms with Crippen molar-refractivity contribution in [3.8, 4) is 11.5 Å². The second-order valence-electron chi connectivity index (χ2n) is 16.2. The minimum atomic E-state index is -0.887. The Labute approximate surface area is 285 Å². The number of thioether (sulfide) groups is 1. The molecular weight excluding hydrogens is 615 g/mol. The van der Waals surface area contributed by atoms with E-state index in [2.05, 4.69) is 27.7 Å². The number of hydrogen-bond donors (Lipinski definition) is 0. The van der Waals surface area contributed by atoms with Gasteiger partial charge in [0, 0.05) is 10.6 Å². The average Bonchev–Trinajstić information content (AvgIpc) is 3.32. The maximum absolute atomic E-state index is 13.9. The number of methoxy groups -OCH3 is 1. The number of carbonyl (C=O) groups is 2. The highest BCUT2D eigenvalue weighted by molar-refractivity contribution is 7.98. The Bertz CT molecular complexity index is 1480. The van der Waals surface area contributed by atoms with Crippen molar-refractivity contribution in [3.63, 3.8) is 0 Å². The normalized spacial score (nSPS) is 25.3. The molecule has 0 unspecified atom stereocenters. The van der Waals surface area contributed by atoms with Gasteiger partial charge in [-0.1, -0.05) is 39.0 Å². The topological polar surface area (TPSA) is 89.5 Å². The molecule has 6 rings (SSSR count). The summed E-state index contributed by atoms with van der Waals surface area (Å²) in [5, 5.41) is 0. The number of rotatable bonds is 9. The largest absolute Gasteiger partial charge is 0.514 e. The lowest BCUT2D eigenvalue weighted by Gasteiger charge is -2.64. The van der Waals surface area contributed by atoms with Crippen LogP contribution in [0.1, 0.15) is 104 Å². The summed E-state index contributed by atoms with van der Waals surface area (Å²) in [7, 11) is 1.20. The van der Waals surface area contributed by atoms with Crippen molar-refractivity contribution in [3.05, 3.63) is 53.1 Å². The molecule has 10 heteroatoms. The van der Waals surface area contributed by atoms with Crippen LogP contribution in [0.3, 0.4) is 0 Å². The van der Waals surface area contributed by atoms with Crippen molar-refractivity contribution in [1.82, 2.24) is 0 Å². The monoisotopic (exact) mass is 666 g/mol. The van der Waals surface area contributed by atoms with E-state index < -0.39 is 30.4 Å². The van der Waals surface area contributed by atoms with Gasteiger partial charge < -0.3 is 28.3 Å². The quantitative estimate of drug-likeness (QED) is 0.113. The first-order valence-electron chi connectivity index (χ1n) is 16.7. The highest BCUT2D eigenvalue weighted by Gasteiger charge is 2.68. The van der Waals surface area contributed by atoms with Crippen LogP contribution in [-0.4, -0.2) is 49.3 Å². The standard InChI is InChI=1S/C37H51BO8S/c1-22(38-45-29-20-25-19-28(36(25,8)9)37(29,10)46-38)18-24-14-17-27(47-21-23-12-15-26(41-11)16-13-23)30(32(39)43-34(2,3)4)31(24)42-33(40)44-35(5,6)7/h12-17,22,25,28-29H,18-21H2,1-11H3/t22-,25+,28+,29-,37+/m1/s1. The fourth-order valence-corrected chi connectivity index (χ4v) is 8.35. The van der Waals surface area contributed by atoms with Crippen molar-refractivity contribution in [1.29, 1.82) is 0 Å². The van der Waals surface area contributed by atoms with Crippen molar-refractivity contribution in [2.75, 3.05) is 7.11 Å². The van der Waals surface area contributed by atoms with Gasteiger partial charge in [0.1, 0.15) is 22.5 Å². The molecule has 3 aliphatic carbocycles. The van der Waals surface area contributed by atoms with Crippen LogP contribution in [0.5, 0.6) is 11.5 Å². The predicted molar refractivity (Wildman–Crippen MR) is 184 cm³/mol. The summed E-state index contributed by atoms with van der Waals surface area (Å²) in [5.41, 5.74) is 0.264. The van der Waals surface area contributed by atoms with Gasteiger partial charge in [-0.25, -0.2) is 9.59 Å². The number of ether oxygens (including phenoxy) is 4. The van der Waals surface area contributed by atoms with Crippen LogP contribution < -0.4 is 9.47 Å². The zero-order chi connectivity index (χ0) is 34.5. The first kappa shape index (κ1) is 35.6. The van der Waals surface area contributed by atoms with Gasteiger partial charge in [0.15, 0.2) is 5.75 Å². The average molecular weight is 667 g/mol. The molecule has 5 atom stereocenters. The fraction of sp³-hybridized carbons (Fsp3) is 0.622. The Morgan fingerprint density at radius 2 is 1.64 bits per heavy atom. The lowest BCUT2D eigenvalue weighted by molar-refractivity contribution is -0.199. The molecule has 4 aliphatic rings. The predicted octanol–water partition coefficient (Wildman–Crippen LogP) is 8.92. The highest BCUT2D eigenvalue weighted by Crippen LogP contribution is 2.66. The summed E-state index contributed by atoms with van der Waals surface area (Å²) in [6, 6.07) is 11.6. The first-order chi connectivity index (χ1) is 21.8. The minimum Gasteiger partial charge on any atom is -0.497 e. The van der Waals surface area contributed by atoms with Crippen LogP contribution in [0.15, 0.2) is 41.3 Å². The summed E-state index contributed by atoms with van der Waals surface area (Å²) < 4.78 is 36.1. The van der Waals surface area contributed by atoms with Crippen LogP contribution in [0.25, 0.3) is 0 Å². The molecule has 2 aromatic carbocycles. The molecule has 1 aliphatic heterocycles. The lowest BCUT2D eigenvalue weighted by Crippen LogP contribution is -2.65.